The first-order valence-electron chi connectivity index (χ1n) is 8.30. The zero-order valence-corrected chi connectivity index (χ0v) is 14.3. The van der Waals surface area contributed by atoms with E-state index in [9.17, 15) is 9.59 Å². The fourth-order valence-corrected chi connectivity index (χ4v) is 3.35. The third-order valence-electron chi connectivity index (χ3n) is 4.49. The summed E-state index contributed by atoms with van der Waals surface area (Å²) in [6.07, 6.45) is 1.92. The molecule has 1 aromatic carbocycles. The minimum atomic E-state index is -0.387. The van der Waals surface area contributed by atoms with Crippen molar-refractivity contribution in [2.75, 3.05) is 18.1 Å². The normalized spacial score (nSPS) is 13.5. The second-order valence-electron chi connectivity index (χ2n) is 6.03. The molecule has 0 saturated heterocycles. The molecule has 3 rings (SSSR count). The van der Waals surface area contributed by atoms with Gasteiger partial charge in [-0.1, -0.05) is 18.2 Å². The number of anilines is 1. The van der Waals surface area contributed by atoms with Gasteiger partial charge in [-0.05, 0) is 50.8 Å². The molecule has 0 spiro atoms. The number of nitrogens with zero attached hydrogens (tertiary/aromatic N) is 1. The second kappa shape index (κ2) is 6.51. The second-order valence-corrected chi connectivity index (χ2v) is 6.03. The van der Waals surface area contributed by atoms with E-state index >= 15 is 0 Å². The van der Waals surface area contributed by atoms with Crippen molar-refractivity contribution in [1.82, 2.24) is 4.98 Å². The molecule has 0 unspecified atom stereocenters. The van der Waals surface area contributed by atoms with Crippen LogP contribution in [0.25, 0.3) is 0 Å². The van der Waals surface area contributed by atoms with E-state index in [0.717, 1.165) is 18.5 Å². The third-order valence-corrected chi connectivity index (χ3v) is 4.49. The molecule has 0 radical (unpaired) electrons. The standard InChI is InChI=1S/C19H22N2O3/c1-4-24-19(23)16-12(2)17(20-13(16)3)18(22)21-11-7-9-14-8-5-6-10-15(14)21/h5-6,8,10,20H,4,7,9,11H2,1-3H3. The van der Waals surface area contributed by atoms with Gasteiger partial charge in [-0.2, -0.15) is 0 Å². The van der Waals surface area contributed by atoms with Crippen LogP contribution in [0.5, 0.6) is 0 Å². The number of amides is 1. The van der Waals surface area contributed by atoms with Crippen molar-refractivity contribution in [3.05, 3.63) is 52.3 Å². The van der Waals surface area contributed by atoms with Crippen LogP contribution < -0.4 is 4.90 Å². The van der Waals surface area contributed by atoms with E-state index in [1.165, 1.54) is 5.56 Å². The Hall–Kier alpha value is -2.56. The van der Waals surface area contributed by atoms with Gasteiger partial charge in [0.25, 0.3) is 5.91 Å². The van der Waals surface area contributed by atoms with Crippen molar-refractivity contribution in [3.63, 3.8) is 0 Å². The number of rotatable bonds is 3. The van der Waals surface area contributed by atoms with Gasteiger partial charge >= 0.3 is 5.97 Å². The van der Waals surface area contributed by atoms with Crippen molar-refractivity contribution in [2.24, 2.45) is 0 Å². The van der Waals surface area contributed by atoms with Crippen molar-refractivity contribution in [3.8, 4) is 0 Å². The lowest BCUT2D eigenvalue weighted by Crippen LogP contribution is -2.36. The smallest absolute Gasteiger partial charge is 0.340 e. The number of esters is 1. The zero-order valence-electron chi connectivity index (χ0n) is 14.3. The summed E-state index contributed by atoms with van der Waals surface area (Å²) in [5.41, 5.74) is 4.39. The van der Waals surface area contributed by atoms with Crippen LogP contribution in [0.1, 0.15) is 51.0 Å². The lowest BCUT2D eigenvalue weighted by atomic mass is 10.0. The average molecular weight is 326 g/mol. The number of carbonyl (C=O) groups is 2. The first kappa shape index (κ1) is 16.3. The first-order chi connectivity index (χ1) is 11.5. The predicted molar refractivity (Wildman–Crippen MR) is 92.7 cm³/mol. The van der Waals surface area contributed by atoms with Gasteiger partial charge in [0.1, 0.15) is 5.69 Å². The quantitative estimate of drug-likeness (QED) is 0.879. The largest absolute Gasteiger partial charge is 0.462 e. The highest BCUT2D eigenvalue weighted by Gasteiger charge is 2.28. The summed E-state index contributed by atoms with van der Waals surface area (Å²) in [6.45, 7) is 6.35. The van der Waals surface area contributed by atoms with Crippen LogP contribution in [0.2, 0.25) is 0 Å². The molecule has 1 amide bonds. The molecule has 1 aliphatic rings. The number of H-pyrrole nitrogens is 1. The highest BCUT2D eigenvalue weighted by Crippen LogP contribution is 2.29. The fourth-order valence-electron chi connectivity index (χ4n) is 3.35. The zero-order chi connectivity index (χ0) is 17.3. The van der Waals surface area contributed by atoms with Crippen LogP contribution in [0.3, 0.4) is 0 Å². The number of aromatic amines is 1. The van der Waals surface area contributed by atoms with Crippen molar-refractivity contribution < 1.29 is 14.3 Å². The minimum Gasteiger partial charge on any atom is -0.462 e. The van der Waals surface area contributed by atoms with Gasteiger partial charge in [0.05, 0.1) is 12.2 Å². The summed E-state index contributed by atoms with van der Waals surface area (Å²) in [4.78, 5) is 30.1. The molecule has 0 bridgehead atoms. The summed E-state index contributed by atoms with van der Waals surface area (Å²) < 4.78 is 5.10. The summed E-state index contributed by atoms with van der Waals surface area (Å²) in [7, 11) is 0. The van der Waals surface area contributed by atoms with Gasteiger partial charge in [0, 0.05) is 17.9 Å². The summed E-state index contributed by atoms with van der Waals surface area (Å²) in [5.74, 6) is -0.486. The molecule has 1 aromatic heterocycles. The van der Waals surface area contributed by atoms with Gasteiger partial charge in [0.2, 0.25) is 0 Å². The summed E-state index contributed by atoms with van der Waals surface area (Å²) in [6, 6.07) is 7.98. The van der Waals surface area contributed by atoms with E-state index in [-0.39, 0.29) is 11.9 Å². The van der Waals surface area contributed by atoms with Crippen LogP contribution >= 0.6 is 0 Å². The van der Waals surface area contributed by atoms with Gasteiger partial charge in [-0.15, -0.1) is 0 Å². The lowest BCUT2D eigenvalue weighted by Gasteiger charge is -2.29. The monoisotopic (exact) mass is 326 g/mol. The molecule has 2 heterocycles. The maximum atomic E-state index is 13.1. The Bertz CT molecular complexity index is 792. The Morgan fingerprint density at radius 1 is 1.25 bits per heavy atom. The molecule has 2 aromatic rings. The fraction of sp³-hybridized carbons (Fsp3) is 0.368. The highest BCUT2D eigenvalue weighted by atomic mass is 16.5. The van der Waals surface area contributed by atoms with E-state index in [1.807, 2.05) is 18.2 Å². The molecule has 1 aliphatic heterocycles. The van der Waals surface area contributed by atoms with Crippen LogP contribution in [0.4, 0.5) is 5.69 Å². The lowest BCUT2D eigenvalue weighted by molar-refractivity contribution is 0.0525. The molecule has 0 aliphatic carbocycles. The molecule has 0 fully saturated rings. The molecule has 126 valence electrons. The molecule has 1 N–H and O–H groups in total. The van der Waals surface area contributed by atoms with Crippen LogP contribution in [0, 0.1) is 13.8 Å². The molecule has 0 atom stereocenters. The Balaban J connectivity index is 1.98. The van der Waals surface area contributed by atoms with E-state index in [4.69, 9.17) is 4.74 Å². The van der Waals surface area contributed by atoms with Crippen LogP contribution in [-0.2, 0) is 11.2 Å². The Kier molecular flexibility index (Phi) is 4.42. The number of para-hydroxylation sites is 1. The van der Waals surface area contributed by atoms with Gasteiger partial charge < -0.3 is 14.6 Å². The number of aromatic nitrogens is 1. The predicted octanol–water partition coefficient (Wildman–Crippen LogP) is 3.40. The number of hydrogen-bond donors (Lipinski definition) is 1. The maximum Gasteiger partial charge on any atom is 0.340 e. The molecule has 5 heteroatoms. The highest BCUT2D eigenvalue weighted by molar-refractivity contribution is 6.08. The average Bonchev–Trinajstić information content (AvgIpc) is 2.88. The SMILES string of the molecule is CCOC(=O)c1c(C)[nH]c(C(=O)N2CCCc3ccccc32)c1C. The van der Waals surface area contributed by atoms with Gasteiger partial charge in [0.15, 0.2) is 0 Å². The topological polar surface area (TPSA) is 62.4 Å². The van der Waals surface area contributed by atoms with Crippen LogP contribution in [-0.4, -0.2) is 30.0 Å². The molecule has 5 nitrogen and oxygen atoms in total. The summed E-state index contributed by atoms with van der Waals surface area (Å²) in [5, 5.41) is 0. The van der Waals surface area contributed by atoms with E-state index < -0.39 is 0 Å². The van der Waals surface area contributed by atoms with E-state index in [1.54, 1.807) is 25.7 Å². The number of nitrogens with one attached hydrogen (secondary N) is 1. The number of hydrogen-bond acceptors (Lipinski definition) is 3. The van der Waals surface area contributed by atoms with E-state index in [2.05, 4.69) is 11.1 Å². The Labute approximate surface area is 141 Å². The molecular formula is C19H22N2O3. The number of ether oxygens (including phenoxy) is 1. The summed E-state index contributed by atoms with van der Waals surface area (Å²) >= 11 is 0. The Morgan fingerprint density at radius 2 is 2.00 bits per heavy atom. The molecular weight excluding hydrogens is 304 g/mol. The number of benzene rings is 1. The van der Waals surface area contributed by atoms with Crippen molar-refractivity contribution in [2.45, 2.75) is 33.6 Å². The Morgan fingerprint density at radius 3 is 2.75 bits per heavy atom. The van der Waals surface area contributed by atoms with Crippen LogP contribution in [0.15, 0.2) is 24.3 Å². The number of carbonyl (C=O) groups excluding carboxylic acids is 2. The van der Waals surface area contributed by atoms with Gasteiger partial charge in [-0.25, -0.2) is 4.79 Å². The van der Waals surface area contributed by atoms with Crippen molar-refractivity contribution in [1.29, 1.82) is 0 Å². The van der Waals surface area contributed by atoms with Crippen molar-refractivity contribution >= 4 is 17.6 Å². The molecule has 0 saturated carbocycles. The first-order valence-corrected chi connectivity index (χ1v) is 8.30. The number of fused-ring (bicyclic) bond motifs is 1. The maximum absolute atomic E-state index is 13.1. The number of aryl methyl sites for hydroxylation is 2. The molecule has 24 heavy (non-hydrogen) atoms. The van der Waals surface area contributed by atoms with E-state index in [0.29, 0.717) is 35.7 Å². The third kappa shape index (κ3) is 2.70. The minimum absolute atomic E-state index is 0.0988. The van der Waals surface area contributed by atoms with Gasteiger partial charge in [-0.3, -0.25) is 4.79 Å².